The number of rotatable bonds is 13. The molecule has 67 heavy (non-hydrogen) atoms. The lowest BCUT2D eigenvalue weighted by Crippen LogP contribution is -2.58. The Hall–Kier alpha value is -2.91. The molecule has 3 aromatic heterocycles. The molecule has 0 spiro atoms. The number of halogens is 9. The Kier molecular flexibility index (Phi) is 15.7. The first-order chi connectivity index (χ1) is 30.9. The summed E-state index contributed by atoms with van der Waals surface area (Å²) in [6.45, 7) is 23.9. The summed E-state index contributed by atoms with van der Waals surface area (Å²) in [7, 11) is 0. The van der Waals surface area contributed by atoms with Crippen LogP contribution in [0.25, 0.3) is 17.1 Å². The van der Waals surface area contributed by atoms with Crippen LogP contribution in [0.1, 0.15) is 117 Å². The minimum atomic E-state index is -1.64. The fourth-order valence-corrected chi connectivity index (χ4v) is 12.0. The molecule has 3 aromatic carbocycles. The predicted molar refractivity (Wildman–Crippen MR) is 270 cm³/mol. The molecule has 0 atom stereocenters. The van der Waals surface area contributed by atoms with Crippen molar-refractivity contribution in [2.75, 3.05) is 0 Å². The van der Waals surface area contributed by atoms with Gasteiger partial charge in [-0.25, -0.2) is 0 Å². The van der Waals surface area contributed by atoms with E-state index in [4.69, 9.17) is 119 Å². The Labute approximate surface area is 436 Å². The summed E-state index contributed by atoms with van der Waals surface area (Å²) in [6, 6.07) is 9.66. The number of hydrogen-bond donors (Lipinski definition) is 0. The first kappa shape index (κ1) is 53.4. The summed E-state index contributed by atoms with van der Waals surface area (Å²) < 4.78 is 11.5. The molecular weight excluding hydrogens is 1040 g/mol. The van der Waals surface area contributed by atoms with Gasteiger partial charge in [0.15, 0.2) is 0 Å². The van der Waals surface area contributed by atoms with Crippen LogP contribution in [0.5, 0.6) is 0 Å². The van der Waals surface area contributed by atoms with Crippen LogP contribution in [0.2, 0.25) is 45.2 Å². The quantitative estimate of drug-likeness (QED) is 0.0650. The second kappa shape index (κ2) is 19.7. The van der Waals surface area contributed by atoms with Crippen LogP contribution in [-0.2, 0) is 35.9 Å². The molecule has 0 aliphatic carbocycles. The molecule has 0 unspecified atom stereocenters. The summed E-state index contributed by atoms with van der Waals surface area (Å²) >= 11 is 60.7. The van der Waals surface area contributed by atoms with E-state index in [1.54, 1.807) is 36.4 Å². The smallest absolute Gasteiger partial charge is 0.264 e. The van der Waals surface area contributed by atoms with Crippen molar-refractivity contribution in [1.82, 2.24) is 29.0 Å². The number of aryl methyl sites for hydroxylation is 6. The van der Waals surface area contributed by atoms with Gasteiger partial charge in [0.1, 0.15) is 33.7 Å². The van der Waals surface area contributed by atoms with Crippen molar-refractivity contribution in [3.63, 3.8) is 0 Å². The summed E-state index contributed by atoms with van der Waals surface area (Å²) in [5.74, 6) is 3.48. The number of aromatic nitrogens is 9. The van der Waals surface area contributed by atoms with Gasteiger partial charge in [-0.05, 0) is 114 Å². The van der Waals surface area contributed by atoms with Crippen molar-refractivity contribution in [2.45, 2.75) is 144 Å². The molecule has 0 saturated heterocycles. The van der Waals surface area contributed by atoms with Gasteiger partial charge in [0.2, 0.25) is 5.54 Å². The van der Waals surface area contributed by atoms with Gasteiger partial charge < -0.3 is 0 Å². The van der Waals surface area contributed by atoms with E-state index >= 15 is 0 Å². The van der Waals surface area contributed by atoms with E-state index in [-0.39, 0.29) is 73.6 Å². The van der Waals surface area contributed by atoms with Crippen molar-refractivity contribution in [3.8, 4) is 17.1 Å². The highest BCUT2D eigenvalue weighted by Gasteiger charge is 2.47. The number of nitro groups is 1. The van der Waals surface area contributed by atoms with E-state index in [1.807, 2.05) is 111 Å². The van der Waals surface area contributed by atoms with Gasteiger partial charge in [-0.3, -0.25) is 10.1 Å². The Morgan fingerprint density at radius 1 is 0.463 bits per heavy atom. The first-order valence-electron chi connectivity index (χ1n) is 21.5. The van der Waals surface area contributed by atoms with Crippen molar-refractivity contribution in [3.05, 3.63) is 127 Å². The average Bonchev–Trinajstić information content (AvgIpc) is 3.79. The molecule has 0 amide bonds. The molecule has 0 aliphatic rings. The van der Waals surface area contributed by atoms with Crippen LogP contribution in [0.4, 0.5) is 0 Å². The third-order valence-electron chi connectivity index (χ3n) is 11.4. The molecule has 360 valence electrons. The zero-order valence-electron chi connectivity index (χ0n) is 39.4. The maximum atomic E-state index is 14.2. The fourth-order valence-electron chi connectivity index (χ4n) is 9.05. The number of nitrogens with zero attached hydrogens (tertiary/aromatic N) is 10. The summed E-state index contributed by atoms with van der Waals surface area (Å²) in [5, 5.41) is 17.0. The molecule has 21 heteroatoms. The third kappa shape index (κ3) is 10.9. The SMILES string of the molecule is Cc1nc(CCC(CCc2nc(C)[n+](C(C)(C)C)n2-c2c(Cl)cc(Cl)cc2Cl)(CCc2nc(C)[n+](C(C)(C)C)n2-c2c(Cl)cc(Cl)cc2Cl)[N+](=O)[O-])n(-c2c(Cl)cc(Cl)cc2Cl)[n+]1C(C)(C)C. The topological polar surface area (TPSA) is 108 Å². The molecule has 6 aromatic rings. The van der Waals surface area contributed by atoms with Gasteiger partial charge >= 0.3 is 17.5 Å². The number of hydrogen-bond acceptors (Lipinski definition) is 5. The lowest BCUT2D eigenvalue weighted by molar-refractivity contribution is -0.823. The largest absolute Gasteiger partial charge is 0.317 e. The Morgan fingerprint density at radius 3 is 0.851 bits per heavy atom. The molecule has 0 bridgehead atoms. The molecular formula is C46H54Cl9N10O2+3. The summed E-state index contributed by atoms with van der Waals surface area (Å²) in [4.78, 5) is 29.1. The van der Waals surface area contributed by atoms with Crippen LogP contribution in [0.15, 0.2) is 36.4 Å². The first-order valence-corrected chi connectivity index (χ1v) is 24.9. The van der Waals surface area contributed by atoms with Crippen LogP contribution >= 0.6 is 104 Å². The van der Waals surface area contributed by atoms with E-state index in [0.717, 1.165) is 0 Å². The highest BCUT2D eigenvalue weighted by Crippen LogP contribution is 2.38. The van der Waals surface area contributed by atoms with Gasteiger partial charge in [0, 0.05) is 79.3 Å². The molecule has 0 fully saturated rings. The van der Waals surface area contributed by atoms with E-state index in [9.17, 15) is 10.1 Å². The summed E-state index contributed by atoms with van der Waals surface area (Å²) in [5.41, 5.74) is -1.85. The highest BCUT2D eigenvalue weighted by molar-refractivity contribution is 6.42. The zero-order chi connectivity index (χ0) is 50.0. The third-order valence-corrected chi connectivity index (χ3v) is 13.8. The van der Waals surface area contributed by atoms with E-state index in [0.29, 0.717) is 67.1 Å². The maximum absolute atomic E-state index is 14.2. The van der Waals surface area contributed by atoms with Crippen LogP contribution in [0, 0.1) is 30.9 Å². The van der Waals surface area contributed by atoms with E-state index in [1.165, 1.54) is 0 Å². The molecule has 12 nitrogen and oxygen atoms in total. The minimum absolute atomic E-state index is 0.0201. The lowest BCUT2D eigenvalue weighted by atomic mass is 9.84. The van der Waals surface area contributed by atoms with Crippen LogP contribution in [0.3, 0.4) is 0 Å². The minimum Gasteiger partial charge on any atom is -0.264 e. The van der Waals surface area contributed by atoms with Crippen LogP contribution < -0.4 is 14.0 Å². The predicted octanol–water partition coefficient (Wildman–Crippen LogP) is 13.4. The summed E-state index contributed by atoms with van der Waals surface area (Å²) in [6.07, 6.45) is 0.461. The van der Waals surface area contributed by atoms with Crippen molar-refractivity contribution >= 4 is 104 Å². The van der Waals surface area contributed by atoms with Gasteiger partial charge in [-0.2, -0.15) is 0 Å². The maximum Gasteiger partial charge on any atom is 0.317 e. The molecule has 3 heterocycles. The van der Waals surface area contributed by atoms with Crippen molar-refractivity contribution in [2.24, 2.45) is 0 Å². The van der Waals surface area contributed by atoms with Crippen molar-refractivity contribution in [1.29, 1.82) is 0 Å². The molecule has 0 N–H and O–H groups in total. The Bertz CT molecular complexity index is 2540. The Morgan fingerprint density at radius 2 is 0.672 bits per heavy atom. The Balaban J connectivity index is 1.56. The van der Waals surface area contributed by atoms with Crippen molar-refractivity contribution < 1.29 is 19.0 Å². The average molecular weight is 1100 g/mol. The fraction of sp³-hybridized carbons (Fsp3) is 0.478. The van der Waals surface area contributed by atoms with Gasteiger partial charge in [-0.15, -0.1) is 28.1 Å². The van der Waals surface area contributed by atoms with Gasteiger partial charge in [0.05, 0.1) is 30.1 Å². The second-order valence-corrected chi connectivity index (χ2v) is 23.5. The standard InChI is InChI=1S/C46H54Cl9N10O2/c1-25-56-37(59(62(25)43(4,5)6)40-31(50)19-28(47)20-32(40)51)13-16-46(65(66)67,17-14-38-57-26(2)63(44(7,8)9)60(38)41-33(52)21-29(48)22-34(41)53)18-15-39-58-27(3)64(45(10,11)12)61(39)42-35(54)23-30(49)24-36(42)55/h19-24H,13-18H2,1-12H3/q+3. The monoisotopic (exact) mass is 1090 g/mol. The molecule has 0 radical (unpaired) electrons. The molecule has 0 aliphatic heterocycles. The van der Waals surface area contributed by atoms with Gasteiger partial charge in [-0.1, -0.05) is 104 Å². The van der Waals surface area contributed by atoms with Crippen LogP contribution in [-0.4, -0.2) is 39.5 Å². The van der Waals surface area contributed by atoms with E-state index in [2.05, 4.69) is 0 Å². The zero-order valence-corrected chi connectivity index (χ0v) is 46.2. The number of benzene rings is 3. The van der Waals surface area contributed by atoms with E-state index < -0.39 is 22.2 Å². The second-order valence-electron chi connectivity index (χ2n) is 19.7. The lowest BCUT2D eigenvalue weighted by Gasteiger charge is -2.26. The molecule has 6 rings (SSSR count). The highest BCUT2D eigenvalue weighted by atomic mass is 35.5. The molecule has 0 saturated carbocycles. The normalized spacial score (nSPS) is 12.7. The van der Waals surface area contributed by atoms with Gasteiger partial charge in [0.25, 0.3) is 17.5 Å².